The first kappa shape index (κ1) is 29.0. The molecule has 10 heteroatoms. The summed E-state index contributed by atoms with van der Waals surface area (Å²) in [5, 5.41) is 12.6. The first-order valence-corrected chi connectivity index (χ1v) is 13.0. The van der Waals surface area contributed by atoms with Gasteiger partial charge in [-0.3, -0.25) is 4.99 Å². The van der Waals surface area contributed by atoms with Crippen LogP contribution in [0.25, 0.3) is 0 Å². The Morgan fingerprint density at radius 3 is 1.82 bits per heavy atom. The summed E-state index contributed by atoms with van der Waals surface area (Å²) in [6, 6.07) is 16.4. The maximum absolute atomic E-state index is 12.6. The quantitative estimate of drug-likeness (QED) is 0.182. The number of nitrogens with zero attached hydrogens (tertiary/aromatic N) is 4. The van der Waals surface area contributed by atoms with Gasteiger partial charge in [-0.1, -0.05) is 35.9 Å². The van der Waals surface area contributed by atoms with Gasteiger partial charge in [0.25, 0.3) is 0 Å². The van der Waals surface area contributed by atoms with Crippen LogP contribution in [0.4, 0.5) is 11.6 Å². The van der Waals surface area contributed by atoms with Gasteiger partial charge in [0.1, 0.15) is 17.2 Å². The largest absolute Gasteiger partial charge is 0.857 e. The van der Waals surface area contributed by atoms with Gasteiger partial charge >= 0.3 is 0 Å². The molecule has 0 bridgehead atoms. The van der Waals surface area contributed by atoms with Crippen molar-refractivity contribution in [2.45, 2.75) is 25.7 Å². The molecule has 0 aliphatic carbocycles. The molecule has 0 unspecified atom stereocenters. The van der Waals surface area contributed by atoms with Gasteiger partial charge in [-0.05, 0) is 48.2 Å². The van der Waals surface area contributed by atoms with E-state index in [1.807, 2.05) is 24.3 Å². The summed E-state index contributed by atoms with van der Waals surface area (Å²) < 4.78 is 11.3. The third kappa shape index (κ3) is 8.49. The number of benzene rings is 2. The summed E-state index contributed by atoms with van der Waals surface area (Å²) in [5.74, 6) is 1.08. The van der Waals surface area contributed by atoms with Crippen LogP contribution in [0.2, 0.25) is 5.15 Å². The molecule has 0 aliphatic rings. The van der Waals surface area contributed by atoms with Crippen LogP contribution in [-0.4, -0.2) is 67.8 Å². The molecule has 0 saturated heterocycles. The minimum atomic E-state index is -0.542. The number of nitrogen functional groups attached to an aromatic ring is 2. The number of aryl methyl sites for hydroxylation is 2. The van der Waals surface area contributed by atoms with Gasteiger partial charge in [0, 0.05) is 18.7 Å². The van der Waals surface area contributed by atoms with Gasteiger partial charge in [-0.25, -0.2) is 9.97 Å². The molecule has 1 heterocycles. The molecule has 3 aromatic rings. The number of anilines is 2. The maximum Gasteiger partial charge on any atom is 0.172 e. The van der Waals surface area contributed by atoms with Crippen molar-refractivity contribution < 1.29 is 19.1 Å². The fourth-order valence-corrected chi connectivity index (χ4v) is 4.44. The standard InChI is InChI=1S/C28H37ClN6O3/c1-35(17-4-6-20-8-12-22(37-2)13-9-20,18-5-7-21-10-14-23(38-3)15-11-21)19-16-32-28(36)24-26(30)34-27(31)25(29)33-24/h8-15H,4-7,16-19H2,1-3H3,(H4-,30,31,32,34,36). The number of quaternary nitrogens is 1. The highest BCUT2D eigenvalue weighted by Gasteiger charge is 2.21. The Labute approximate surface area is 229 Å². The number of rotatable bonds is 14. The number of hydrogen-bond acceptors (Lipinski definition) is 8. The number of aliphatic imine (C=N–C) groups is 1. The van der Waals surface area contributed by atoms with E-state index in [1.54, 1.807) is 14.2 Å². The van der Waals surface area contributed by atoms with Gasteiger partial charge in [0.05, 0.1) is 47.4 Å². The molecule has 0 radical (unpaired) electrons. The minimum absolute atomic E-state index is 0.0151. The van der Waals surface area contributed by atoms with Crippen LogP contribution < -0.4 is 26.0 Å². The lowest BCUT2D eigenvalue weighted by Gasteiger charge is -2.34. The smallest absolute Gasteiger partial charge is 0.172 e. The van der Waals surface area contributed by atoms with Crippen molar-refractivity contribution in [3.8, 4) is 11.5 Å². The highest BCUT2D eigenvalue weighted by molar-refractivity contribution is 6.31. The van der Waals surface area contributed by atoms with Crippen molar-refractivity contribution in [3.05, 3.63) is 70.5 Å². The molecule has 0 atom stereocenters. The Morgan fingerprint density at radius 1 is 0.842 bits per heavy atom. The van der Waals surface area contributed by atoms with Crippen LogP contribution in [-0.2, 0) is 12.8 Å². The highest BCUT2D eigenvalue weighted by Crippen LogP contribution is 2.18. The van der Waals surface area contributed by atoms with Crippen molar-refractivity contribution in [1.82, 2.24) is 9.97 Å². The van der Waals surface area contributed by atoms with Gasteiger partial charge < -0.3 is 30.5 Å². The van der Waals surface area contributed by atoms with E-state index in [9.17, 15) is 5.11 Å². The molecule has 0 saturated carbocycles. The Balaban J connectivity index is 1.63. The summed E-state index contributed by atoms with van der Waals surface area (Å²) in [6.07, 6.45) is 3.93. The second-order valence-corrected chi connectivity index (χ2v) is 9.87. The molecule has 3 rings (SSSR count). The summed E-state index contributed by atoms with van der Waals surface area (Å²) in [6.45, 7) is 2.94. The normalized spacial score (nSPS) is 11.9. The van der Waals surface area contributed by atoms with E-state index in [1.165, 1.54) is 11.1 Å². The molecule has 1 aromatic heterocycles. The van der Waals surface area contributed by atoms with E-state index in [2.05, 4.69) is 46.3 Å². The molecule has 0 spiro atoms. The Bertz CT molecular complexity index is 1150. The number of methoxy groups -OCH3 is 2. The lowest BCUT2D eigenvalue weighted by molar-refractivity contribution is -0.908. The SMILES string of the molecule is COc1ccc(CCC[N+](C)(CCCc2ccc(OC)cc2)CCN=C([O-])c2nc(Cl)c(N)nc2N)cc1. The van der Waals surface area contributed by atoms with E-state index >= 15 is 0 Å². The molecule has 9 nitrogen and oxygen atoms in total. The van der Waals surface area contributed by atoms with E-state index in [4.69, 9.17) is 32.5 Å². The molecule has 0 amide bonds. The zero-order valence-corrected chi connectivity index (χ0v) is 23.1. The number of hydrogen-bond donors (Lipinski definition) is 2. The monoisotopic (exact) mass is 540 g/mol. The Kier molecular flexibility index (Phi) is 10.6. The van der Waals surface area contributed by atoms with Crippen molar-refractivity contribution >= 4 is 29.1 Å². The molecular formula is C28H37ClN6O3. The first-order chi connectivity index (χ1) is 18.2. The molecule has 204 valence electrons. The number of aromatic nitrogens is 2. The number of nitrogens with two attached hydrogens (primary N) is 2. The second-order valence-electron chi connectivity index (χ2n) is 9.51. The molecule has 0 aliphatic heterocycles. The maximum atomic E-state index is 12.6. The third-order valence-corrected chi connectivity index (χ3v) is 6.93. The average molecular weight is 541 g/mol. The summed E-state index contributed by atoms with van der Waals surface area (Å²) in [4.78, 5) is 12.1. The average Bonchev–Trinajstić information content (AvgIpc) is 2.91. The number of ether oxygens (including phenoxy) is 2. The van der Waals surface area contributed by atoms with Crippen LogP contribution in [0.15, 0.2) is 53.5 Å². The number of likely N-dealkylation sites (N-methyl/N-ethyl adjacent to an activating group) is 1. The van der Waals surface area contributed by atoms with Crippen LogP contribution in [0.1, 0.15) is 29.7 Å². The summed E-state index contributed by atoms with van der Waals surface area (Å²) in [5.41, 5.74) is 13.9. The van der Waals surface area contributed by atoms with Crippen molar-refractivity contribution in [2.24, 2.45) is 4.99 Å². The second kappa shape index (κ2) is 13.8. The summed E-state index contributed by atoms with van der Waals surface area (Å²) >= 11 is 5.92. The molecule has 4 N–H and O–H groups in total. The molecule has 2 aromatic carbocycles. The van der Waals surface area contributed by atoms with Gasteiger partial charge in [-0.15, -0.1) is 0 Å². The zero-order valence-electron chi connectivity index (χ0n) is 22.3. The van der Waals surface area contributed by atoms with Gasteiger partial charge in [0.2, 0.25) is 0 Å². The molecule has 0 fully saturated rings. The topological polar surface area (TPSA) is 132 Å². The van der Waals surface area contributed by atoms with E-state index in [0.29, 0.717) is 13.1 Å². The first-order valence-electron chi connectivity index (χ1n) is 12.6. The van der Waals surface area contributed by atoms with Crippen LogP contribution >= 0.6 is 11.6 Å². The lowest BCUT2D eigenvalue weighted by Crippen LogP contribution is -2.47. The van der Waals surface area contributed by atoms with Gasteiger partial charge in [0.15, 0.2) is 16.8 Å². The fraction of sp³-hybridized carbons (Fsp3) is 0.393. The predicted octanol–water partition coefficient (Wildman–Crippen LogP) is 3.13. The third-order valence-electron chi connectivity index (χ3n) is 6.65. The Morgan fingerprint density at radius 2 is 1.34 bits per heavy atom. The molecule has 38 heavy (non-hydrogen) atoms. The van der Waals surface area contributed by atoms with Crippen molar-refractivity contribution in [3.63, 3.8) is 0 Å². The summed E-state index contributed by atoms with van der Waals surface area (Å²) in [7, 11) is 5.56. The zero-order chi connectivity index (χ0) is 27.5. The fourth-order valence-electron chi connectivity index (χ4n) is 4.32. The van der Waals surface area contributed by atoms with Crippen molar-refractivity contribution in [1.29, 1.82) is 0 Å². The Hall–Kier alpha value is -3.56. The van der Waals surface area contributed by atoms with Crippen LogP contribution in [0.3, 0.4) is 0 Å². The van der Waals surface area contributed by atoms with E-state index in [0.717, 1.165) is 54.8 Å². The minimum Gasteiger partial charge on any atom is -0.857 e. The predicted molar refractivity (Wildman–Crippen MR) is 151 cm³/mol. The van der Waals surface area contributed by atoms with Crippen molar-refractivity contribution in [2.75, 3.05) is 58.9 Å². The highest BCUT2D eigenvalue weighted by atomic mass is 35.5. The number of halogens is 1. The van der Waals surface area contributed by atoms with E-state index in [-0.39, 0.29) is 22.5 Å². The van der Waals surface area contributed by atoms with Crippen LogP contribution in [0, 0.1) is 0 Å². The molecular weight excluding hydrogens is 504 g/mol. The van der Waals surface area contributed by atoms with Gasteiger partial charge in [-0.2, -0.15) is 0 Å². The van der Waals surface area contributed by atoms with E-state index < -0.39 is 5.90 Å². The van der Waals surface area contributed by atoms with Crippen LogP contribution in [0.5, 0.6) is 11.5 Å². The lowest BCUT2D eigenvalue weighted by atomic mass is 10.1.